The number of hydrogen-bond donors (Lipinski definition) is 1. The van der Waals surface area contributed by atoms with Crippen LogP contribution < -0.4 is 5.73 Å². The van der Waals surface area contributed by atoms with E-state index in [1.807, 2.05) is 0 Å². The molecular weight excluding hydrogens is 343 g/mol. The van der Waals surface area contributed by atoms with Crippen molar-refractivity contribution in [3.8, 4) is 0 Å². The molecule has 0 saturated carbocycles. The summed E-state index contributed by atoms with van der Waals surface area (Å²) < 4.78 is 3.49. The molecule has 0 bridgehead atoms. The van der Waals surface area contributed by atoms with E-state index in [1.54, 1.807) is 0 Å². The van der Waals surface area contributed by atoms with Crippen LogP contribution in [0, 0.1) is 10.1 Å². The molecule has 17 heavy (non-hydrogen) atoms. The monoisotopic (exact) mass is 350 g/mol. The maximum absolute atomic E-state index is 11.5. The minimum atomic E-state index is -1.17. The molecule has 8 heteroatoms. The Balaban J connectivity index is 2.97. The summed E-state index contributed by atoms with van der Waals surface area (Å²) in [5.41, 5.74) is 4.30. The summed E-state index contributed by atoms with van der Waals surface area (Å²) in [5.74, 6) is -1.80. The van der Waals surface area contributed by atoms with Gasteiger partial charge in [0, 0.05) is 6.07 Å². The molecule has 0 aliphatic heterocycles. The van der Waals surface area contributed by atoms with Crippen LogP contribution in [0.15, 0.2) is 24.3 Å². The first-order valence-electron chi connectivity index (χ1n) is 4.31. The molecule has 0 aliphatic rings. The van der Waals surface area contributed by atoms with Gasteiger partial charge >= 0.3 is 5.97 Å². The zero-order valence-corrected chi connectivity index (χ0v) is 10.5. The number of carbonyl (C=O) groups is 2. The van der Waals surface area contributed by atoms with Gasteiger partial charge in [0.25, 0.3) is 11.6 Å². The number of nitrogens with two attached hydrogens (primary N) is 1. The molecule has 1 atom stereocenters. The van der Waals surface area contributed by atoms with Gasteiger partial charge in [-0.1, -0.05) is 12.1 Å². The molecule has 0 aliphatic carbocycles. The molecule has 7 nitrogen and oxygen atoms in total. The Labute approximate surface area is 109 Å². The van der Waals surface area contributed by atoms with Crippen LogP contribution in [0.2, 0.25) is 0 Å². The largest absolute Gasteiger partial charge is 0.438 e. The third kappa shape index (κ3) is 3.37. The molecule has 90 valence electrons. The summed E-state index contributed by atoms with van der Waals surface area (Å²) in [5, 5.41) is 10.7. The average molecular weight is 350 g/mol. The van der Waals surface area contributed by atoms with Crippen molar-refractivity contribution in [3.05, 3.63) is 39.9 Å². The van der Waals surface area contributed by atoms with Crippen LogP contribution in [0.4, 0.5) is 5.69 Å². The van der Waals surface area contributed by atoms with Crippen LogP contribution in [-0.2, 0) is 9.53 Å². The van der Waals surface area contributed by atoms with Gasteiger partial charge in [0.2, 0.25) is 4.11 Å². The number of ether oxygens (including phenoxy) is 1. The first kappa shape index (κ1) is 13.4. The Morgan fingerprint density at radius 1 is 1.41 bits per heavy atom. The van der Waals surface area contributed by atoms with E-state index in [0.717, 1.165) is 0 Å². The maximum Gasteiger partial charge on any atom is 0.346 e. The fourth-order valence-electron chi connectivity index (χ4n) is 1.02. The third-order valence-corrected chi connectivity index (χ3v) is 2.62. The van der Waals surface area contributed by atoms with Gasteiger partial charge in [-0.3, -0.25) is 14.9 Å². The van der Waals surface area contributed by atoms with Gasteiger partial charge < -0.3 is 10.5 Å². The highest BCUT2D eigenvalue weighted by Gasteiger charge is 2.24. The summed E-state index contributed by atoms with van der Waals surface area (Å²) in [6, 6.07) is 5.29. The van der Waals surface area contributed by atoms with E-state index >= 15 is 0 Å². The number of primary amides is 1. The predicted octanol–water partition coefficient (Wildman–Crippen LogP) is 0.998. The molecule has 0 spiro atoms. The van der Waals surface area contributed by atoms with Gasteiger partial charge in [0.15, 0.2) is 0 Å². The van der Waals surface area contributed by atoms with Crippen LogP contribution in [0.3, 0.4) is 0 Å². The number of alkyl halides is 1. The number of nitrogens with zero attached hydrogens (tertiary/aromatic N) is 1. The SMILES string of the molecule is NC(=O)C(I)OC(=O)c1ccccc1[N+](=O)[O-]. The van der Waals surface area contributed by atoms with Crippen LogP contribution in [0.5, 0.6) is 0 Å². The number of nitro groups is 1. The molecule has 0 heterocycles. The molecular formula is C9H7IN2O5. The Morgan fingerprint density at radius 2 is 2.00 bits per heavy atom. The van der Waals surface area contributed by atoms with E-state index in [0.29, 0.717) is 0 Å². The average Bonchev–Trinajstić information content (AvgIpc) is 2.28. The van der Waals surface area contributed by atoms with Crippen molar-refractivity contribution >= 4 is 40.2 Å². The van der Waals surface area contributed by atoms with Crippen LogP contribution in [0.1, 0.15) is 10.4 Å². The first-order chi connectivity index (χ1) is 7.93. The van der Waals surface area contributed by atoms with Crippen molar-refractivity contribution in [2.24, 2.45) is 5.73 Å². The van der Waals surface area contributed by atoms with E-state index in [-0.39, 0.29) is 11.3 Å². The van der Waals surface area contributed by atoms with E-state index in [2.05, 4.69) is 4.74 Å². The van der Waals surface area contributed by atoms with Gasteiger partial charge in [-0.15, -0.1) is 0 Å². The number of carbonyl (C=O) groups excluding carboxylic acids is 2. The summed E-state index contributed by atoms with van der Waals surface area (Å²) in [6.45, 7) is 0. The van der Waals surface area contributed by atoms with Gasteiger partial charge in [-0.05, 0) is 28.7 Å². The first-order valence-corrected chi connectivity index (χ1v) is 5.56. The normalized spacial score (nSPS) is 11.6. The van der Waals surface area contributed by atoms with Crippen LogP contribution in [-0.4, -0.2) is 20.9 Å². The fraction of sp³-hybridized carbons (Fsp3) is 0.111. The zero-order chi connectivity index (χ0) is 13.0. The second kappa shape index (κ2) is 5.57. The van der Waals surface area contributed by atoms with Gasteiger partial charge in [-0.25, -0.2) is 4.79 Å². The molecule has 1 rings (SSSR count). The second-order valence-electron chi connectivity index (χ2n) is 2.90. The highest BCUT2D eigenvalue weighted by atomic mass is 127. The van der Waals surface area contributed by atoms with Crippen molar-refractivity contribution in [3.63, 3.8) is 0 Å². The number of para-hydroxylation sites is 1. The predicted molar refractivity (Wildman–Crippen MR) is 65.5 cm³/mol. The van der Waals surface area contributed by atoms with Crippen molar-refractivity contribution < 1.29 is 19.2 Å². The van der Waals surface area contributed by atoms with Gasteiger partial charge in [-0.2, -0.15) is 0 Å². The smallest absolute Gasteiger partial charge is 0.346 e. The molecule has 0 fully saturated rings. The standard InChI is InChI=1S/C9H7IN2O5/c10-7(8(11)13)17-9(14)5-3-1-2-4-6(5)12(15)16/h1-4,7H,(H2,11,13). The van der Waals surface area contributed by atoms with E-state index < -0.39 is 20.9 Å². The molecule has 0 radical (unpaired) electrons. The van der Waals surface area contributed by atoms with E-state index in [1.165, 1.54) is 46.9 Å². The van der Waals surface area contributed by atoms with Gasteiger partial charge in [0.05, 0.1) is 4.92 Å². The quantitative estimate of drug-likeness (QED) is 0.286. The lowest BCUT2D eigenvalue weighted by Gasteiger charge is -2.07. The lowest BCUT2D eigenvalue weighted by atomic mass is 10.2. The number of esters is 1. The fourth-order valence-corrected chi connectivity index (χ4v) is 1.25. The summed E-state index contributed by atoms with van der Waals surface area (Å²) >= 11 is 1.52. The maximum atomic E-state index is 11.5. The van der Waals surface area contributed by atoms with Crippen molar-refractivity contribution in [1.82, 2.24) is 0 Å². The second-order valence-corrected chi connectivity index (χ2v) is 4.03. The Bertz CT molecular complexity index is 476. The molecule has 1 aromatic rings. The number of rotatable bonds is 4. The van der Waals surface area contributed by atoms with Crippen LogP contribution >= 0.6 is 22.6 Å². The molecule has 0 saturated heterocycles. The minimum absolute atomic E-state index is 0.222. The minimum Gasteiger partial charge on any atom is -0.438 e. The van der Waals surface area contributed by atoms with Crippen LogP contribution in [0.25, 0.3) is 0 Å². The van der Waals surface area contributed by atoms with Crippen molar-refractivity contribution in [2.75, 3.05) is 0 Å². The van der Waals surface area contributed by atoms with Crippen molar-refractivity contribution in [1.29, 1.82) is 0 Å². The highest BCUT2D eigenvalue weighted by Crippen LogP contribution is 2.19. The molecule has 2 N–H and O–H groups in total. The molecule has 0 aromatic heterocycles. The number of nitro benzene ring substituents is 1. The summed E-state index contributed by atoms with van der Waals surface area (Å²) in [7, 11) is 0. The zero-order valence-electron chi connectivity index (χ0n) is 8.33. The lowest BCUT2D eigenvalue weighted by molar-refractivity contribution is -0.385. The Kier molecular flexibility index (Phi) is 4.37. The molecule has 1 amide bonds. The highest BCUT2D eigenvalue weighted by molar-refractivity contribution is 14.1. The summed E-state index contributed by atoms with van der Waals surface area (Å²) in [6.07, 6.45) is 0. The Hall–Kier alpha value is -1.71. The van der Waals surface area contributed by atoms with E-state index in [9.17, 15) is 19.7 Å². The van der Waals surface area contributed by atoms with Gasteiger partial charge in [0.1, 0.15) is 5.56 Å². The lowest BCUT2D eigenvalue weighted by Crippen LogP contribution is -2.28. The summed E-state index contributed by atoms with van der Waals surface area (Å²) in [4.78, 5) is 32.2. The molecule has 1 aromatic carbocycles. The number of amides is 1. The molecule has 1 unspecified atom stereocenters. The Morgan fingerprint density at radius 3 is 2.53 bits per heavy atom. The van der Waals surface area contributed by atoms with E-state index in [4.69, 9.17) is 5.73 Å². The number of halogens is 1. The van der Waals surface area contributed by atoms with Crippen molar-refractivity contribution in [2.45, 2.75) is 4.11 Å². The number of hydrogen-bond acceptors (Lipinski definition) is 5. The topological polar surface area (TPSA) is 113 Å². The number of benzene rings is 1. The third-order valence-electron chi connectivity index (χ3n) is 1.75.